The molecule has 0 fully saturated rings. The van der Waals surface area contributed by atoms with Gasteiger partial charge in [-0.25, -0.2) is 0 Å². The van der Waals surface area contributed by atoms with E-state index in [0.29, 0.717) is 0 Å². The van der Waals surface area contributed by atoms with E-state index in [9.17, 15) is 0 Å². The van der Waals surface area contributed by atoms with E-state index in [4.69, 9.17) is 0 Å². The highest BCUT2D eigenvalue weighted by Gasteiger charge is 2.25. The van der Waals surface area contributed by atoms with E-state index < -0.39 is 0 Å². The van der Waals surface area contributed by atoms with Crippen LogP contribution in [0.5, 0.6) is 0 Å². The molecule has 3 nitrogen and oxygen atoms in total. The molecule has 1 aliphatic rings. The van der Waals surface area contributed by atoms with E-state index in [1.165, 1.54) is 32.5 Å². The lowest BCUT2D eigenvalue weighted by atomic mass is 10.1. The van der Waals surface area contributed by atoms with Crippen LogP contribution in [0.2, 0.25) is 0 Å². The monoisotopic (exact) mass is 403 g/mol. The van der Waals surface area contributed by atoms with Gasteiger partial charge in [0.25, 0.3) is 0 Å². The van der Waals surface area contributed by atoms with Gasteiger partial charge in [-0.1, -0.05) is 62.0 Å². The Morgan fingerprint density at radius 3 is 1.93 bits per heavy atom. The Morgan fingerprint density at radius 1 is 0.759 bits per heavy atom. The summed E-state index contributed by atoms with van der Waals surface area (Å²) in [6, 6.07) is 26.0. The fourth-order valence-electron chi connectivity index (χ4n) is 3.85. The molecule has 3 aromatic rings. The lowest BCUT2D eigenvalue weighted by Gasteiger charge is -2.34. The number of rotatable bonds is 8. The minimum Gasteiger partial charge on any atom is -0.383 e. The lowest BCUT2D eigenvalue weighted by molar-refractivity contribution is 0.303. The molecular formula is C25H29N3S. The van der Waals surface area contributed by atoms with Crippen LogP contribution >= 0.6 is 11.8 Å². The van der Waals surface area contributed by atoms with Crippen molar-refractivity contribution in [3.05, 3.63) is 72.8 Å². The van der Waals surface area contributed by atoms with E-state index >= 15 is 0 Å². The van der Waals surface area contributed by atoms with Crippen molar-refractivity contribution >= 4 is 34.5 Å². The number of hydrogen-bond acceptors (Lipinski definition) is 4. The predicted octanol–water partition coefficient (Wildman–Crippen LogP) is 6.76. The predicted molar refractivity (Wildman–Crippen MR) is 126 cm³/mol. The van der Waals surface area contributed by atoms with Gasteiger partial charge < -0.3 is 15.1 Å². The first-order valence-corrected chi connectivity index (χ1v) is 11.3. The van der Waals surface area contributed by atoms with Gasteiger partial charge in [0, 0.05) is 16.3 Å². The number of hydrogen-bond donors (Lipinski definition) is 1. The molecule has 0 bridgehead atoms. The summed E-state index contributed by atoms with van der Waals surface area (Å²) in [4.78, 5) is 7.46. The van der Waals surface area contributed by atoms with Crippen LogP contribution in [0.3, 0.4) is 0 Å². The van der Waals surface area contributed by atoms with Crippen LogP contribution in [0.1, 0.15) is 20.3 Å². The van der Waals surface area contributed by atoms with E-state index in [1.54, 1.807) is 0 Å². The number of fused-ring (bicyclic) bond motifs is 2. The molecule has 0 amide bonds. The van der Waals surface area contributed by atoms with Crippen molar-refractivity contribution in [1.29, 1.82) is 0 Å². The maximum atomic E-state index is 3.70. The van der Waals surface area contributed by atoms with Gasteiger partial charge >= 0.3 is 0 Å². The topological polar surface area (TPSA) is 18.5 Å². The molecule has 1 heterocycles. The summed E-state index contributed by atoms with van der Waals surface area (Å²) in [5, 5.41) is 3.70. The maximum absolute atomic E-state index is 3.70. The van der Waals surface area contributed by atoms with Gasteiger partial charge in [-0.15, -0.1) is 0 Å². The third kappa shape index (κ3) is 4.29. The second-order valence-corrected chi connectivity index (χ2v) is 8.28. The summed E-state index contributed by atoms with van der Waals surface area (Å²) in [5.41, 5.74) is 4.88. The molecule has 0 unspecified atom stereocenters. The first-order valence-electron chi connectivity index (χ1n) is 10.5. The normalized spacial score (nSPS) is 12.6. The molecule has 1 N–H and O–H groups in total. The van der Waals surface area contributed by atoms with Crippen molar-refractivity contribution in [2.24, 2.45) is 0 Å². The van der Waals surface area contributed by atoms with Crippen LogP contribution in [-0.4, -0.2) is 31.1 Å². The highest BCUT2D eigenvalue weighted by atomic mass is 32.2. The number of anilines is 4. The summed E-state index contributed by atoms with van der Waals surface area (Å²) in [6.45, 7) is 8.80. The highest BCUT2D eigenvalue weighted by molar-refractivity contribution is 7.99. The molecule has 4 rings (SSSR count). The molecule has 0 spiro atoms. The van der Waals surface area contributed by atoms with Gasteiger partial charge in [0.1, 0.15) is 0 Å². The molecule has 0 aromatic heterocycles. The Labute approximate surface area is 178 Å². The summed E-state index contributed by atoms with van der Waals surface area (Å²) >= 11 is 1.85. The zero-order valence-electron chi connectivity index (χ0n) is 17.3. The first kappa shape index (κ1) is 19.9. The van der Waals surface area contributed by atoms with Crippen molar-refractivity contribution < 1.29 is 0 Å². The van der Waals surface area contributed by atoms with Crippen LogP contribution in [0.15, 0.2) is 82.6 Å². The van der Waals surface area contributed by atoms with Crippen LogP contribution in [0.4, 0.5) is 22.7 Å². The lowest BCUT2D eigenvalue weighted by Crippen LogP contribution is -2.25. The summed E-state index contributed by atoms with van der Waals surface area (Å²) in [6.07, 6.45) is 1.14. The zero-order chi connectivity index (χ0) is 20.1. The standard InChI is InChI=1S/C25H29N3S/c1-3-27(4-2)19-11-18-26-20-12-5-6-13-21(20)28-22-14-7-9-16-24(22)29-25-17-10-8-15-23(25)28/h5-10,12-17,26H,3-4,11,18-19H2,1-2H3. The fraction of sp³-hybridized carbons (Fsp3) is 0.280. The molecule has 0 saturated carbocycles. The third-order valence-electron chi connectivity index (χ3n) is 5.44. The van der Waals surface area contributed by atoms with Gasteiger partial charge in [-0.2, -0.15) is 0 Å². The molecule has 4 heteroatoms. The Bertz CT molecular complexity index is 907. The second-order valence-electron chi connectivity index (χ2n) is 7.20. The molecule has 0 atom stereocenters. The minimum absolute atomic E-state index is 0.972. The Balaban J connectivity index is 1.62. The number of benzene rings is 3. The molecular weight excluding hydrogens is 374 g/mol. The second kappa shape index (κ2) is 9.38. The van der Waals surface area contributed by atoms with Gasteiger partial charge in [-0.05, 0) is 62.5 Å². The van der Waals surface area contributed by atoms with Crippen molar-refractivity contribution in [2.45, 2.75) is 30.1 Å². The van der Waals surface area contributed by atoms with E-state index in [1.807, 2.05) is 11.8 Å². The van der Waals surface area contributed by atoms with E-state index in [-0.39, 0.29) is 0 Å². The van der Waals surface area contributed by atoms with Crippen molar-refractivity contribution in [3.63, 3.8) is 0 Å². The average Bonchev–Trinajstić information content (AvgIpc) is 2.78. The Morgan fingerprint density at radius 2 is 1.31 bits per heavy atom. The van der Waals surface area contributed by atoms with Crippen molar-refractivity contribution in [2.75, 3.05) is 36.4 Å². The largest absolute Gasteiger partial charge is 0.383 e. The fourth-order valence-corrected chi connectivity index (χ4v) is 4.91. The number of nitrogens with one attached hydrogen (secondary N) is 1. The minimum atomic E-state index is 0.972. The van der Waals surface area contributed by atoms with E-state index in [2.05, 4.69) is 102 Å². The molecule has 3 aromatic carbocycles. The Hall–Kier alpha value is -2.43. The maximum Gasteiger partial charge on any atom is 0.0694 e. The van der Waals surface area contributed by atoms with Gasteiger partial charge in [0.15, 0.2) is 0 Å². The molecule has 150 valence electrons. The number of para-hydroxylation sites is 4. The summed E-state index contributed by atoms with van der Waals surface area (Å²) in [5.74, 6) is 0. The van der Waals surface area contributed by atoms with Gasteiger partial charge in [0.2, 0.25) is 0 Å². The van der Waals surface area contributed by atoms with Gasteiger partial charge in [0.05, 0.1) is 22.7 Å². The van der Waals surface area contributed by atoms with E-state index in [0.717, 1.165) is 32.6 Å². The molecule has 0 radical (unpaired) electrons. The Kier molecular flexibility index (Phi) is 6.43. The molecule has 29 heavy (non-hydrogen) atoms. The summed E-state index contributed by atoms with van der Waals surface area (Å²) in [7, 11) is 0. The molecule has 1 aliphatic heterocycles. The highest BCUT2D eigenvalue weighted by Crippen LogP contribution is 2.52. The van der Waals surface area contributed by atoms with Crippen molar-refractivity contribution in [1.82, 2.24) is 4.90 Å². The van der Waals surface area contributed by atoms with Crippen molar-refractivity contribution in [3.8, 4) is 0 Å². The third-order valence-corrected chi connectivity index (χ3v) is 6.57. The number of nitrogens with zero attached hydrogens (tertiary/aromatic N) is 2. The molecule has 0 saturated heterocycles. The van der Waals surface area contributed by atoms with Crippen LogP contribution in [-0.2, 0) is 0 Å². The zero-order valence-corrected chi connectivity index (χ0v) is 18.1. The van der Waals surface area contributed by atoms with Crippen LogP contribution < -0.4 is 10.2 Å². The molecule has 0 aliphatic carbocycles. The van der Waals surface area contributed by atoms with Gasteiger partial charge in [-0.3, -0.25) is 0 Å². The summed E-state index contributed by atoms with van der Waals surface area (Å²) < 4.78 is 0. The quantitative estimate of drug-likeness (QED) is 0.327. The van der Waals surface area contributed by atoms with Crippen LogP contribution in [0, 0.1) is 0 Å². The van der Waals surface area contributed by atoms with Crippen LogP contribution in [0.25, 0.3) is 0 Å². The first-order chi connectivity index (χ1) is 14.3. The smallest absolute Gasteiger partial charge is 0.0694 e. The average molecular weight is 404 g/mol. The SMILES string of the molecule is CCN(CC)CCCNc1ccccc1N1c2ccccc2Sc2ccccc21.